The Hall–Kier alpha value is -2.81. The highest BCUT2D eigenvalue weighted by molar-refractivity contribution is 5.61. The van der Waals surface area contributed by atoms with E-state index < -0.39 is 0 Å². The van der Waals surface area contributed by atoms with E-state index in [2.05, 4.69) is 0 Å². The normalized spacial score (nSPS) is 10.5. The third kappa shape index (κ3) is 2.87. The van der Waals surface area contributed by atoms with E-state index in [4.69, 9.17) is 0 Å². The third-order valence-electron chi connectivity index (χ3n) is 3.37. The monoisotopic (exact) mass is 277 g/mol. The highest BCUT2D eigenvalue weighted by Gasteiger charge is 2.09. The summed E-state index contributed by atoms with van der Waals surface area (Å²) in [5.41, 5.74) is 2.45. The summed E-state index contributed by atoms with van der Waals surface area (Å²) in [5, 5.41) is 9.73. The summed E-state index contributed by atoms with van der Waals surface area (Å²) in [5.74, 6) is -0.0110. The number of hydrogen-bond donors (Lipinski definition) is 1. The molecule has 1 aromatic heterocycles. The quantitative estimate of drug-likeness (QED) is 0.798. The highest BCUT2D eigenvalue weighted by atomic mass is 16.3. The Morgan fingerprint density at radius 3 is 2.14 bits per heavy atom. The first-order valence-electron chi connectivity index (χ1n) is 6.77. The van der Waals surface area contributed by atoms with Gasteiger partial charge < -0.3 is 9.67 Å². The molecule has 0 aliphatic carbocycles. The average molecular weight is 277 g/mol. The van der Waals surface area contributed by atoms with Gasteiger partial charge in [-0.25, -0.2) is 0 Å². The van der Waals surface area contributed by atoms with Gasteiger partial charge in [0.1, 0.15) is 5.75 Å². The lowest BCUT2D eigenvalue weighted by Crippen LogP contribution is -2.21. The van der Waals surface area contributed by atoms with Crippen LogP contribution in [0.5, 0.6) is 5.75 Å². The molecule has 0 bridgehead atoms. The van der Waals surface area contributed by atoms with Gasteiger partial charge in [0.05, 0.1) is 12.2 Å². The van der Waals surface area contributed by atoms with Crippen LogP contribution in [0.4, 0.5) is 0 Å². The maximum atomic E-state index is 12.2. The number of benzene rings is 2. The maximum absolute atomic E-state index is 12.2. The van der Waals surface area contributed by atoms with Gasteiger partial charge >= 0.3 is 0 Å². The topological polar surface area (TPSA) is 42.2 Å². The number of pyridine rings is 1. The Balaban J connectivity index is 2.13. The van der Waals surface area contributed by atoms with Crippen LogP contribution in [0.25, 0.3) is 11.3 Å². The molecule has 0 unspecified atom stereocenters. The van der Waals surface area contributed by atoms with Crippen molar-refractivity contribution in [3.63, 3.8) is 0 Å². The molecular weight excluding hydrogens is 262 g/mol. The van der Waals surface area contributed by atoms with Crippen molar-refractivity contribution >= 4 is 0 Å². The zero-order chi connectivity index (χ0) is 14.7. The van der Waals surface area contributed by atoms with E-state index in [0.29, 0.717) is 12.2 Å². The molecule has 0 fully saturated rings. The van der Waals surface area contributed by atoms with Gasteiger partial charge in [0.2, 0.25) is 0 Å². The molecule has 104 valence electrons. The fourth-order valence-corrected chi connectivity index (χ4v) is 2.36. The number of nitrogens with zero attached hydrogens (tertiary/aromatic N) is 1. The number of rotatable bonds is 3. The minimum atomic E-state index is -0.210. The summed E-state index contributed by atoms with van der Waals surface area (Å²) in [6.45, 7) is 0.476. The van der Waals surface area contributed by atoms with Crippen molar-refractivity contribution in [3.8, 4) is 17.0 Å². The van der Waals surface area contributed by atoms with E-state index >= 15 is 0 Å². The van der Waals surface area contributed by atoms with Crippen molar-refractivity contribution in [2.75, 3.05) is 0 Å². The van der Waals surface area contributed by atoms with E-state index in [-0.39, 0.29) is 11.3 Å². The van der Waals surface area contributed by atoms with E-state index in [1.807, 2.05) is 60.7 Å². The predicted octanol–water partition coefficient (Wildman–Crippen LogP) is 3.27. The first-order chi connectivity index (χ1) is 10.2. The second-order valence-corrected chi connectivity index (χ2v) is 4.87. The van der Waals surface area contributed by atoms with Crippen molar-refractivity contribution in [2.24, 2.45) is 0 Å². The zero-order valence-electron chi connectivity index (χ0n) is 11.4. The number of aromatic nitrogens is 1. The van der Waals surface area contributed by atoms with Gasteiger partial charge in [-0.3, -0.25) is 4.79 Å². The van der Waals surface area contributed by atoms with Crippen LogP contribution in [0, 0.1) is 0 Å². The molecule has 0 amide bonds. The third-order valence-corrected chi connectivity index (χ3v) is 3.37. The molecule has 0 aliphatic heterocycles. The van der Waals surface area contributed by atoms with Crippen LogP contribution in [0.2, 0.25) is 0 Å². The fourth-order valence-electron chi connectivity index (χ4n) is 2.36. The summed E-state index contributed by atoms with van der Waals surface area (Å²) in [7, 11) is 0. The molecule has 2 aromatic carbocycles. The molecule has 1 heterocycles. The Bertz CT molecular complexity index is 792. The summed E-state index contributed by atoms with van der Waals surface area (Å²) in [6, 6.07) is 22.3. The molecule has 3 aromatic rings. The predicted molar refractivity (Wildman–Crippen MR) is 83.3 cm³/mol. The van der Waals surface area contributed by atoms with Gasteiger partial charge in [-0.15, -0.1) is 0 Å². The molecule has 0 spiro atoms. The average Bonchev–Trinajstić information content (AvgIpc) is 2.51. The Kier molecular flexibility index (Phi) is 3.56. The first kappa shape index (κ1) is 13.2. The molecule has 21 heavy (non-hydrogen) atoms. The van der Waals surface area contributed by atoms with Crippen LogP contribution in [0.15, 0.2) is 77.6 Å². The zero-order valence-corrected chi connectivity index (χ0v) is 11.4. The van der Waals surface area contributed by atoms with Crippen LogP contribution in [-0.4, -0.2) is 9.67 Å². The Morgan fingerprint density at radius 2 is 1.48 bits per heavy atom. The number of aromatic hydroxyl groups is 1. The van der Waals surface area contributed by atoms with Crippen molar-refractivity contribution < 1.29 is 5.11 Å². The lowest BCUT2D eigenvalue weighted by atomic mass is 10.1. The molecule has 3 nitrogen and oxygen atoms in total. The molecular formula is C18H15NO2. The summed E-state index contributed by atoms with van der Waals surface area (Å²) in [6.07, 6.45) is 0. The van der Waals surface area contributed by atoms with Gasteiger partial charge in [0.25, 0.3) is 5.56 Å². The van der Waals surface area contributed by atoms with Crippen LogP contribution < -0.4 is 5.56 Å². The molecule has 3 rings (SSSR count). The van der Waals surface area contributed by atoms with Gasteiger partial charge in [-0.1, -0.05) is 60.7 Å². The summed E-state index contributed by atoms with van der Waals surface area (Å²) >= 11 is 0. The SMILES string of the molecule is O=c1cc(O)cc(-c2ccccc2)n1Cc1ccccc1. The van der Waals surface area contributed by atoms with Crippen LogP contribution in [0.1, 0.15) is 5.56 Å². The molecule has 1 N–H and O–H groups in total. The highest BCUT2D eigenvalue weighted by Crippen LogP contribution is 2.22. The minimum Gasteiger partial charge on any atom is -0.508 e. The maximum Gasteiger partial charge on any atom is 0.255 e. The van der Waals surface area contributed by atoms with Crippen LogP contribution in [0.3, 0.4) is 0 Å². The molecule has 0 radical (unpaired) electrons. The van der Waals surface area contributed by atoms with Crippen molar-refractivity contribution in [1.82, 2.24) is 4.57 Å². The van der Waals surface area contributed by atoms with Crippen molar-refractivity contribution in [2.45, 2.75) is 6.54 Å². The van der Waals surface area contributed by atoms with Gasteiger partial charge in [0, 0.05) is 12.1 Å². The van der Waals surface area contributed by atoms with E-state index in [1.54, 1.807) is 10.6 Å². The Morgan fingerprint density at radius 1 is 0.857 bits per heavy atom. The van der Waals surface area contributed by atoms with Gasteiger partial charge in [-0.05, 0) is 11.1 Å². The molecule has 0 atom stereocenters. The van der Waals surface area contributed by atoms with E-state index in [9.17, 15) is 9.90 Å². The number of hydrogen-bond acceptors (Lipinski definition) is 2. The van der Waals surface area contributed by atoms with E-state index in [0.717, 1.165) is 11.1 Å². The largest absolute Gasteiger partial charge is 0.508 e. The lowest BCUT2D eigenvalue weighted by Gasteiger charge is -2.13. The van der Waals surface area contributed by atoms with Gasteiger partial charge in [-0.2, -0.15) is 0 Å². The van der Waals surface area contributed by atoms with Crippen molar-refractivity contribution in [3.05, 3.63) is 88.7 Å². The van der Waals surface area contributed by atoms with Crippen LogP contribution in [-0.2, 0) is 6.54 Å². The Labute approximate surface area is 122 Å². The summed E-state index contributed by atoms with van der Waals surface area (Å²) < 4.78 is 1.67. The lowest BCUT2D eigenvalue weighted by molar-refractivity contribution is 0.472. The minimum absolute atomic E-state index is 0.0110. The molecule has 0 aliphatic rings. The second kappa shape index (κ2) is 5.67. The van der Waals surface area contributed by atoms with Crippen LogP contribution >= 0.6 is 0 Å². The van der Waals surface area contributed by atoms with E-state index in [1.165, 1.54) is 6.07 Å². The second-order valence-electron chi connectivity index (χ2n) is 4.87. The van der Waals surface area contributed by atoms with Gasteiger partial charge in [0.15, 0.2) is 0 Å². The summed E-state index contributed by atoms with van der Waals surface area (Å²) in [4.78, 5) is 12.2. The molecule has 0 saturated carbocycles. The fraction of sp³-hybridized carbons (Fsp3) is 0.0556. The van der Waals surface area contributed by atoms with Crippen molar-refractivity contribution in [1.29, 1.82) is 0 Å². The first-order valence-corrected chi connectivity index (χ1v) is 6.77. The smallest absolute Gasteiger partial charge is 0.255 e. The molecule has 0 saturated heterocycles. The molecule has 3 heteroatoms. The standard InChI is InChI=1S/C18H15NO2/c20-16-11-17(15-9-5-2-6-10-15)19(18(21)12-16)13-14-7-3-1-4-8-14/h1-12,20H,13H2.